The molecule has 0 unspecified atom stereocenters. The van der Waals surface area contributed by atoms with Gasteiger partial charge in [0.1, 0.15) is 25.0 Å². The molecule has 5 nitrogen and oxygen atoms in total. The van der Waals surface area contributed by atoms with Crippen LogP contribution in [0.15, 0.2) is 48.5 Å². The fourth-order valence-electron chi connectivity index (χ4n) is 2.25. The lowest BCUT2D eigenvalue weighted by atomic mass is 10.2. The van der Waals surface area contributed by atoms with Gasteiger partial charge in [-0.15, -0.1) is 0 Å². The van der Waals surface area contributed by atoms with Crippen molar-refractivity contribution in [3.05, 3.63) is 59.7 Å². The molecular weight excluding hydrogens is 280 g/mol. The van der Waals surface area contributed by atoms with Crippen molar-refractivity contribution in [1.29, 1.82) is 5.26 Å². The highest BCUT2D eigenvalue weighted by molar-refractivity contribution is 5.89. The van der Waals surface area contributed by atoms with Crippen molar-refractivity contribution in [2.45, 2.75) is 6.61 Å². The van der Waals surface area contributed by atoms with Gasteiger partial charge in [0.15, 0.2) is 0 Å². The van der Waals surface area contributed by atoms with E-state index in [-0.39, 0.29) is 6.09 Å². The van der Waals surface area contributed by atoms with Crippen LogP contribution in [0.2, 0.25) is 0 Å². The Kier molecular flexibility index (Phi) is 3.92. The lowest BCUT2D eigenvalue weighted by Crippen LogP contribution is -2.23. The Bertz CT molecular complexity index is 722. The van der Waals surface area contributed by atoms with Gasteiger partial charge in [0.05, 0.1) is 17.8 Å². The topological polar surface area (TPSA) is 62.6 Å². The second-order valence-electron chi connectivity index (χ2n) is 4.83. The number of hydrogen-bond donors (Lipinski definition) is 0. The molecule has 1 aliphatic heterocycles. The van der Waals surface area contributed by atoms with E-state index in [1.54, 1.807) is 18.2 Å². The standard InChI is InChI=1S/C17H14N2O3/c18-11-14-6-7-15(19-8-9-21-17(19)20)10-16(14)22-12-13-4-2-1-3-5-13/h1-7,10H,8-9,12H2. The zero-order valence-corrected chi connectivity index (χ0v) is 11.9. The molecule has 1 saturated heterocycles. The lowest BCUT2D eigenvalue weighted by molar-refractivity contribution is 0.181. The van der Waals surface area contributed by atoms with Crippen molar-refractivity contribution in [3.63, 3.8) is 0 Å². The zero-order chi connectivity index (χ0) is 15.4. The summed E-state index contributed by atoms with van der Waals surface area (Å²) in [6.07, 6.45) is -0.376. The van der Waals surface area contributed by atoms with Gasteiger partial charge in [0, 0.05) is 6.07 Å². The highest BCUT2D eigenvalue weighted by Gasteiger charge is 2.24. The molecule has 3 rings (SSSR count). The molecule has 22 heavy (non-hydrogen) atoms. The van der Waals surface area contributed by atoms with Crippen LogP contribution in [-0.4, -0.2) is 19.2 Å². The average molecular weight is 294 g/mol. The summed E-state index contributed by atoms with van der Waals surface area (Å²) >= 11 is 0. The van der Waals surface area contributed by atoms with Crippen LogP contribution in [0.3, 0.4) is 0 Å². The first-order chi connectivity index (χ1) is 10.8. The summed E-state index contributed by atoms with van der Waals surface area (Å²) in [5, 5.41) is 9.19. The fraction of sp³-hybridized carbons (Fsp3) is 0.176. The van der Waals surface area contributed by atoms with Crippen LogP contribution in [0.5, 0.6) is 5.75 Å². The molecule has 0 atom stereocenters. The third kappa shape index (κ3) is 2.86. The number of ether oxygens (including phenoxy) is 2. The Balaban J connectivity index is 1.82. The molecule has 1 amide bonds. The molecule has 110 valence electrons. The van der Waals surface area contributed by atoms with Crippen LogP contribution in [0.1, 0.15) is 11.1 Å². The first-order valence-electron chi connectivity index (χ1n) is 6.93. The maximum absolute atomic E-state index is 11.6. The quantitative estimate of drug-likeness (QED) is 0.869. The molecule has 2 aromatic carbocycles. The van der Waals surface area contributed by atoms with Gasteiger partial charge in [-0.25, -0.2) is 4.79 Å². The smallest absolute Gasteiger partial charge is 0.414 e. The van der Waals surface area contributed by atoms with Gasteiger partial charge in [-0.3, -0.25) is 4.90 Å². The minimum atomic E-state index is -0.376. The van der Waals surface area contributed by atoms with Crippen LogP contribution in [0.25, 0.3) is 0 Å². The summed E-state index contributed by atoms with van der Waals surface area (Å²) in [4.78, 5) is 13.1. The number of cyclic esters (lactones) is 1. The third-order valence-electron chi connectivity index (χ3n) is 3.40. The second-order valence-corrected chi connectivity index (χ2v) is 4.83. The third-order valence-corrected chi connectivity index (χ3v) is 3.40. The summed E-state index contributed by atoms with van der Waals surface area (Å²) in [6, 6.07) is 16.9. The van der Waals surface area contributed by atoms with Gasteiger partial charge in [-0.1, -0.05) is 30.3 Å². The van der Waals surface area contributed by atoms with Gasteiger partial charge >= 0.3 is 6.09 Å². The number of amides is 1. The van der Waals surface area contributed by atoms with Crippen molar-refractivity contribution in [2.75, 3.05) is 18.1 Å². The molecular formula is C17H14N2O3. The molecule has 0 spiro atoms. The van der Waals surface area contributed by atoms with Gasteiger partial charge in [0.25, 0.3) is 0 Å². The van der Waals surface area contributed by atoms with E-state index in [1.165, 1.54) is 4.90 Å². The molecule has 2 aromatic rings. The number of hydrogen-bond acceptors (Lipinski definition) is 4. The maximum Gasteiger partial charge on any atom is 0.414 e. The van der Waals surface area contributed by atoms with Crippen molar-refractivity contribution in [2.24, 2.45) is 0 Å². The first kappa shape index (κ1) is 14.0. The van der Waals surface area contributed by atoms with Crippen molar-refractivity contribution in [1.82, 2.24) is 0 Å². The molecule has 0 radical (unpaired) electrons. The Labute approximate surface area is 128 Å². The molecule has 0 aromatic heterocycles. The molecule has 0 N–H and O–H groups in total. The minimum absolute atomic E-state index is 0.365. The SMILES string of the molecule is N#Cc1ccc(N2CCOC2=O)cc1OCc1ccccc1. The van der Waals surface area contributed by atoms with Crippen LogP contribution in [0, 0.1) is 11.3 Å². The largest absolute Gasteiger partial charge is 0.487 e. The van der Waals surface area contributed by atoms with Crippen LogP contribution < -0.4 is 9.64 Å². The van der Waals surface area contributed by atoms with Crippen LogP contribution in [0.4, 0.5) is 10.5 Å². The van der Waals surface area contributed by atoms with Crippen LogP contribution >= 0.6 is 0 Å². The Morgan fingerprint density at radius 3 is 2.73 bits per heavy atom. The van der Waals surface area contributed by atoms with Gasteiger partial charge in [0.2, 0.25) is 0 Å². The molecule has 1 fully saturated rings. The normalized spacial score (nSPS) is 13.6. The van der Waals surface area contributed by atoms with Gasteiger partial charge in [-0.2, -0.15) is 5.26 Å². The van der Waals surface area contributed by atoms with E-state index in [1.807, 2.05) is 30.3 Å². The van der Waals surface area contributed by atoms with Gasteiger partial charge in [-0.05, 0) is 17.7 Å². The number of nitrogens with zero attached hydrogens (tertiary/aromatic N) is 2. The molecule has 0 saturated carbocycles. The van der Waals surface area contributed by atoms with E-state index in [4.69, 9.17) is 9.47 Å². The van der Waals surface area contributed by atoms with E-state index < -0.39 is 0 Å². The molecule has 5 heteroatoms. The molecule has 1 aliphatic rings. The van der Waals surface area contributed by atoms with E-state index in [2.05, 4.69) is 6.07 Å². The highest BCUT2D eigenvalue weighted by atomic mass is 16.6. The number of rotatable bonds is 4. The highest BCUT2D eigenvalue weighted by Crippen LogP contribution is 2.27. The number of benzene rings is 2. The summed E-state index contributed by atoms with van der Waals surface area (Å²) in [5.41, 5.74) is 2.12. The Hall–Kier alpha value is -3.00. The molecule has 0 aliphatic carbocycles. The average Bonchev–Trinajstić information content (AvgIpc) is 2.99. The lowest BCUT2D eigenvalue weighted by Gasteiger charge is -2.15. The Morgan fingerprint density at radius 1 is 1.23 bits per heavy atom. The molecule has 1 heterocycles. The predicted molar refractivity (Wildman–Crippen MR) is 80.6 cm³/mol. The van der Waals surface area contributed by atoms with Crippen molar-refractivity contribution in [3.8, 4) is 11.8 Å². The number of carbonyl (C=O) groups is 1. The summed E-state index contributed by atoms with van der Waals surface area (Å²) in [5.74, 6) is 0.462. The zero-order valence-electron chi connectivity index (χ0n) is 11.9. The van der Waals surface area contributed by atoms with E-state index >= 15 is 0 Å². The van der Waals surface area contributed by atoms with E-state index in [0.29, 0.717) is 36.8 Å². The summed E-state index contributed by atoms with van der Waals surface area (Å²) in [6.45, 7) is 1.24. The fourth-order valence-corrected chi connectivity index (χ4v) is 2.25. The van der Waals surface area contributed by atoms with E-state index in [0.717, 1.165) is 5.56 Å². The summed E-state index contributed by atoms with van der Waals surface area (Å²) in [7, 11) is 0. The Morgan fingerprint density at radius 2 is 2.05 bits per heavy atom. The number of nitriles is 1. The van der Waals surface area contributed by atoms with Gasteiger partial charge < -0.3 is 9.47 Å². The monoisotopic (exact) mass is 294 g/mol. The van der Waals surface area contributed by atoms with Crippen molar-refractivity contribution < 1.29 is 14.3 Å². The van der Waals surface area contributed by atoms with Crippen LogP contribution in [-0.2, 0) is 11.3 Å². The second kappa shape index (κ2) is 6.19. The summed E-state index contributed by atoms with van der Waals surface area (Å²) < 4.78 is 10.7. The van der Waals surface area contributed by atoms with Crippen molar-refractivity contribution >= 4 is 11.8 Å². The predicted octanol–water partition coefficient (Wildman–Crippen LogP) is 3.09. The van der Waals surface area contributed by atoms with E-state index in [9.17, 15) is 10.1 Å². The maximum atomic E-state index is 11.6. The number of anilines is 1. The number of carbonyl (C=O) groups excluding carboxylic acids is 1. The first-order valence-corrected chi connectivity index (χ1v) is 6.93. The minimum Gasteiger partial charge on any atom is -0.487 e. The molecule has 0 bridgehead atoms.